The highest BCUT2D eigenvalue weighted by Gasteiger charge is 2.15. The number of aromatic nitrogens is 1. The summed E-state index contributed by atoms with van der Waals surface area (Å²) in [5.74, 6) is 0.329. The fourth-order valence-corrected chi connectivity index (χ4v) is 8.32. The number of fused-ring (bicyclic) bond motifs is 7. The Balaban J connectivity index is 1.07. The Labute approximate surface area is 327 Å². The highest BCUT2D eigenvalue weighted by atomic mass is 16.3. The van der Waals surface area contributed by atoms with Gasteiger partial charge >= 0.3 is 0 Å². The van der Waals surface area contributed by atoms with Gasteiger partial charge in [0.05, 0.1) is 11.4 Å². The van der Waals surface area contributed by atoms with Crippen molar-refractivity contribution in [2.75, 3.05) is 0 Å². The van der Waals surface area contributed by atoms with E-state index in [-0.39, 0.29) is 0 Å². The summed E-state index contributed by atoms with van der Waals surface area (Å²) < 4.78 is 6.78. The van der Waals surface area contributed by atoms with Crippen LogP contribution in [0.15, 0.2) is 205 Å². The molecule has 0 amide bonds. The molecule has 0 saturated carbocycles. The summed E-state index contributed by atoms with van der Waals surface area (Å²) in [6.45, 7) is 2.21. The summed E-state index contributed by atoms with van der Waals surface area (Å²) in [7, 11) is 0. The van der Waals surface area contributed by atoms with Gasteiger partial charge in [-0.15, -0.1) is 0 Å². The summed E-state index contributed by atoms with van der Waals surface area (Å²) in [6, 6.07) is 63.0. The molecule has 1 aliphatic rings. The van der Waals surface area contributed by atoms with Gasteiger partial charge < -0.3 is 4.42 Å². The molecule has 2 heteroatoms. The normalized spacial score (nSPS) is 13.8. The quantitative estimate of drug-likeness (QED) is 0.177. The predicted molar refractivity (Wildman–Crippen MR) is 236 cm³/mol. The molecule has 10 rings (SSSR count). The molecular formula is C54H39NO. The smallest absolute Gasteiger partial charge is 0.135 e. The number of aryl methyl sites for hydroxylation is 1. The van der Waals surface area contributed by atoms with E-state index in [2.05, 4.69) is 201 Å². The molecule has 0 saturated heterocycles. The molecule has 2 aromatic heterocycles. The zero-order valence-electron chi connectivity index (χ0n) is 31.2. The summed E-state index contributed by atoms with van der Waals surface area (Å²) in [6.07, 6.45) is 9.83. The van der Waals surface area contributed by atoms with Crippen molar-refractivity contribution in [2.24, 2.45) is 0 Å². The van der Waals surface area contributed by atoms with Gasteiger partial charge in [0.1, 0.15) is 11.2 Å². The second kappa shape index (κ2) is 14.3. The first-order valence-electron chi connectivity index (χ1n) is 19.4. The lowest BCUT2D eigenvalue weighted by Crippen LogP contribution is -2.00. The lowest BCUT2D eigenvalue weighted by Gasteiger charge is -2.17. The standard InChI is InChI=1S/C54H39NO/c1-36-31-39(40-28-30-54-50(33-40)48-24-11-9-22-46(48)45-21-8-10-23-47(45)49-25-12-13-26-53(49)56-54)27-29-44(36)41-19-14-20-42(32-41)52-35-43(37-15-4-2-5-16-37)34-51(55-52)38-17-6-3-7-18-38/h2-15,17-35,37H,16H2,1H3. The fourth-order valence-electron chi connectivity index (χ4n) is 8.32. The van der Waals surface area contributed by atoms with Crippen molar-refractivity contribution in [3.8, 4) is 44.8 Å². The van der Waals surface area contributed by atoms with E-state index < -0.39 is 0 Å². The van der Waals surface area contributed by atoms with Gasteiger partial charge in [-0.05, 0) is 105 Å². The number of hydrogen-bond acceptors (Lipinski definition) is 2. The number of rotatable bonds is 5. The second-order valence-corrected chi connectivity index (χ2v) is 14.7. The van der Waals surface area contributed by atoms with Crippen LogP contribution in [0.4, 0.5) is 0 Å². The van der Waals surface area contributed by atoms with Crippen molar-refractivity contribution in [1.29, 1.82) is 0 Å². The molecule has 1 aliphatic carbocycles. The number of hydrogen-bond donors (Lipinski definition) is 0. The van der Waals surface area contributed by atoms with E-state index in [9.17, 15) is 0 Å². The van der Waals surface area contributed by atoms with E-state index in [1.54, 1.807) is 0 Å². The van der Waals surface area contributed by atoms with Gasteiger partial charge in [-0.25, -0.2) is 4.98 Å². The van der Waals surface area contributed by atoms with Crippen molar-refractivity contribution >= 4 is 43.5 Å². The maximum Gasteiger partial charge on any atom is 0.135 e. The first-order valence-corrected chi connectivity index (χ1v) is 19.4. The Hall–Kier alpha value is -7.03. The minimum Gasteiger partial charge on any atom is -0.456 e. The highest BCUT2D eigenvalue weighted by molar-refractivity contribution is 6.18. The third-order valence-electron chi connectivity index (χ3n) is 11.2. The van der Waals surface area contributed by atoms with Crippen molar-refractivity contribution < 1.29 is 4.42 Å². The Kier molecular flexibility index (Phi) is 8.57. The molecule has 0 fully saturated rings. The van der Waals surface area contributed by atoms with E-state index in [1.807, 2.05) is 6.07 Å². The van der Waals surface area contributed by atoms with Crippen LogP contribution >= 0.6 is 0 Å². The van der Waals surface area contributed by atoms with Crippen LogP contribution in [-0.2, 0) is 0 Å². The van der Waals surface area contributed by atoms with Gasteiger partial charge in [0.15, 0.2) is 0 Å². The minimum atomic E-state index is 0.329. The zero-order valence-corrected chi connectivity index (χ0v) is 31.2. The predicted octanol–water partition coefficient (Wildman–Crippen LogP) is 15.0. The summed E-state index contributed by atoms with van der Waals surface area (Å²) in [5.41, 5.74) is 13.1. The van der Waals surface area contributed by atoms with Crippen molar-refractivity contribution in [3.05, 3.63) is 211 Å². The average Bonchev–Trinajstić information content (AvgIpc) is 3.31. The number of pyridine rings is 1. The Morgan fingerprint density at radius 3 is 1.77 bits per heavy atom. The lowest BCUT2D eigenvalue weighted by molar-refractivity contribution is 0.663. The first-order chi connectivity index (χ1) is 27.7. The molecule has 0 aliphatic heterocycles. The molecule has 56 heavy (non-hydrogen) atoms. The van der Waals surface area contributed by atoms with Gasteiger partial charge in [-0.2, -0.15) is 0 Å². The van der Waals surface area contributed by atoms with Crippen LogP contribution in [0.3, 0.4) is 0 Å². The Morgan fingerprint density at radius 2 is 1.04 bits per heavy atom. The lowest BCUT2D eigenvalue weighted by atomic mass is 9.90. The molecule has 0 bridgehead atoms. The van der Waals surface area contributed by atoms with E-state index in [0.29, 0.717) is 5.92 Å². The molecule has 0 radical (unpaired) electrons. The third kappa shape index (κ3) is 6.26. The highest BCUT2D eigenvalue weighted by Crippen LogP contribution is 2.37. The average molecular weight is 718 g/mol. The Bertz CT molecular complexity index is 3070. The van der Waals surface area contributed by atoms with E-state index in [1.165, 1.54) is 38.6 Å². The molecule has 2 nitrogen and oxygen atoms in total. The van der Waals surface area contributed by atoms with Crippen molar-refractivity contribution in [1.82, 2.24) is 4.98 Å². The van der Waals surface area contributed by atoms with Gasteiger partial charge in [-0.1, -0.05) is 164 Å². The molecule has 2 heterocycles. The van der Waals surface area contributed by atoms with Crippen LogP contribution in [0.2, 0.25) is 0 Å². The maximum absolute atomic E-state index is 6.78. The molecule has 1 atom stereocenters. The number of allylic oxidation sites excluding steroid dienone is 4. The van der Waals surface area contributed by atoms with Gasteiger partial charge in [-0.3, -0.25) is 0 Å². The van der Waals surface area contributed by atoms with Crippen LogP contribution in [0.1, 0.15) is 23.5 Å². The number of nitrogens with zero attached hydrogens (tertiary/aromatic N) is 1. The fraction of sp³-hybridized carbons (Fsp3) is 0.0556. The van der Waals surface area contributed by atoms with Crippen LogP contribution in [-0.4, -0.2) is 4.98 Å². The van der Waals surface area contributed by atoms with Crippen LogP contribution in [0.5, 0.6) is 0 Å². The second-order valence-electron chi connectivity index (χ2n) is 14.7. The van der Waals surface area contributed by atoms with Crippen LogP contribution in [0, 0.1) is 6.92 Å². The van der Waals surface area contributed by atoms with E-state index in [0.717, 1.165) is 67.2 Å². The maximum atomic E-state index is 6.78. The summed E-state index contributed by atoms with van der Waals surface area (Å²) >= 11 is 0. The summed E-state index contributed by atoms with van der Waals surface area (Å²) in [4.78, 5) is 5.22. The molecule has 7 aromatic carbocycles. The SMILES string of the molecule is Cc1cc(-c2ccc3oc4ccccc4c4ccccc4c4ccccc4c3c2)ccc1-c1cccc(-c2cc(C3C=CC=CC3)cc(-c3ccccc3)n2)c1. The van der Waals surface area contributed by atoms with Crippen molar-refractivity contribution in [3.63, 3.8) is 0 Å². The molecule has 1 unspecified atom stereocenters. The Morgan fingerprint density at radius 1 is 0.446 bits per heavy atom. The van der Waals surface area contributed by atoms with E-state index in [4.69, 9.17) is 9.40 Å². The minimum absolute atomic E-state index is 0.329. The zero-order chi connectivity index (χ0) is 37.4. The molecule has 9 aromatic rings. The van der Waals surface area contributed by atoms with Gasteiger partial charge in [0, 0.05) is 27.8 Å². The monoisotopic (exact) mass is 717 g/mol. The van der Waals surface area contributed by atoms with Crippen molar-refractivity contribution in [2.45, 2.75) is 19.3 Å². The number of para-hydroxylation sites is 1. The largest absolute Gasteiger partial charge is 0.456 e. The van der Waals surface area contributed by atoms with Crippen LogP contribution in [0.25, 0.3) is 88.3 Å². The molecule has 266 valence electrons. The molecular weight excluding hydrogens is 679 g/mol. The third-order valence-corrected chi connectivity index (χ3v) is 11.2. The molecule has 0 N–H and O–H groups in total. The van der Waals surface area contributed by atoms with Crippen LogP contribution < -0.4 is 0 Å². The van der Waals surface area contributed by atoms with E-state index >= 15 is 0 Å². The summed E-state index contributed by atoms with van der Waals surface area (Å²) in [5, 5.41) is 6.86. The number of benzene rings is 7. The van der Waals surface area contributed by atoms with Gasteiger partial charge in [0.2, 0.25) is 0 Å². The topological polar surface area (TPSA) is 26.0 Å². The van der Waals surface area contributed by atoms with Gasteiger partial charge in [0.25, 0.3) is 0 Å². The molecule has 0 spiro atoms. The first kappa shape index (κ1) is 33.5.